The number of rotatable bonds is 6. The van der Waals surface area contributed by atoms with E-state index in [2.05, 4.69) is 35.4 Å². The largest absolute Gasteiger partial charge is 0.484 e. The molecule has 102 valence electrons. The van der Waals surface area contributed by atoms with E-state index in [1.54, 1.807) is 6.92 Å². The van der Waals surface area contributed by atoms with Gasteiger partial charge in [-0.1, -0.05) is 26.0 Å². The van der Waals surface area contributed by atoms with Gasteiger partial charge >= 0.3 is 0 Å². The third-order valence-corrected chi connectivity index (χ3v) is 2.54. The molecule has 2 aromatic rings. The van der Waals surface area contributed by atoms with Gasteiger partial charge < -0.3 is 14.5 Å². The summed E-state index contributed by atoms with van der Waals surface area (Å²) in [6.45, 7) is 7.13. The minimum absolute atomic E-state index is 0.294. The first kappa shape index (κ1) is 13.5. The van der Waals surface area contributed by atoms with Gasteiger partial charge in [0.2, 0.25) is 5.89 Å². The Hall–Kier alpha value is -1.88. The molecule has 0 saturated heterocycles. The Morgan fingerprint density at radius 1 is 1.32 bits per heavy atom. The minimum atomic E-state index is 0.294. The molecule has 1 aromatic heterocycles. The molecule has 0 amide bonds. The lowest BCUT2D eigenvalue weighted by atomic mass is 10.2. The van der Waals surface area contributed by atoms with Crippen molar-refractivity contribution in [2.75, 3.05) is 0 Å². The average Bonchev–Trinajstić information content (AvgIpc) is 2.80. The third-order valence-electron chi connectivity index (χ3n) is 2.54. The lowest BCUT2D eigenvalue weighted by Gasteiger charge is -2.09. The summed E-state index contributed by atoms with van der Waals surface area (Å²) in [6.07, 6.45) is 0. The lowest BCUT2D eigenvalue weighted by Crippen LogP contribution is -2.21. The molecule has 0 fully saturated rings. The normalized spacial score (nSPS) is 10.9. The van der Waals surface area contributed by atoms with E-state index >= 15 is 0 Å². The molecule has 1 heterocycles. The summed E-state index contributed by atoms with van der Waals surface area (Å²) in [6, 6.07) is 8.44. The number of benzene rings is 1. The van der Waals surface area contributed by atoms with E-state index in [0.717, 1.165) is 12.3 Å². The smallest absolute Gasteiger partial charge is 0.253 e. The fourth-order valence-electron chi connectivity index (χ4n) is 1.61. The van der Waals surface area contributed by atoms with Gasteiger partial charge in [-0.05, 0) is 17.7 Å². The van der Waals surface area contributed by atoms with E-state index in [4.69, 9.17) is 9.15 Å². The van der Waals surface area contributed by atoms with E-state index in [1.165, 1.54) is 5.56 Å². The zero-order chi connectivity index (χ0) is 13.7. The molecule has 1 N–H and O–H groups in total. The number of hydrogen-bond donors (Lipinski definition) is 1. The Balaban J connectivity index is 1.91. The summed E-state index contributed by atoms with van der Waals surface area (Å²) in [4.78, 5) is 0. The maximum atomic E-state index is 5.63. The zero-order valence-corrected chi connectivity index (χ0v) is 11.5. The second kappa shape index (κ2) is 6.33. The Bertz CT molecular complexity index is 523. The van der Waals surface area contributed by atoms with Crippen LogP contribution < -0.4 is 10.1 Å². The molecule has 5 nitrogen and oxygen atoms in total. The molecule has 19 heavy (non-hydrogen) atoms. The van der Waals surface area contributed by atoms with Crippen LogP contribution in [0.4, 0.5) is 0 Å². The van der Waals surface area contributed by atoms with Gasteiger partial charge in [0.15, 0.2) is 6.61 Å². The van der Waals surface area contributed by atoms with Crippen molar-refractivity contribution in [1.29, 1.82) is 0 Å². The van der Waals surface area contributed by atoms with Gasteiger partial charge in [-0.25, -0.2) is 0 Å². The van der Waals surface area contributed by atoms with Crippen molar-refractivity contribution in [1.82, 2.24) is 15.5 Å². The van der Waals surface area contributed by atoms with Crippen molar-refractivity contribution in [3.05, 3.63) is 41.6 Å². The second-order valence-corrected chi connectivity index (χ2v) is 4.69. The van der Waals surface area contributed by atoms with Crippen molar-refractivity contribution >= 4 is 0 Å². The lowest BCUT2D eigenvalue weighted by molar-refractivity contribution is 0.260. The number of nitrogens with zero attached hydrogens (tertiary/aromatic N) is 2. The Morgan fingerprint density at radius 3 is 2.84 bits per heavy atom. The predicted octanol–water partition coefficient (Wildman–Crippen LogP) is 2.46. The fourth-order valence-corrected chi connectivity index (χ4v) is 1.61. The van der Waals surface area contributed by atoms with Gasteiger partial charge in [0.05, 0.1) is 0 Å². The summed E-state index contributed by atoms with van der Waals surface area (Å²) in [5.74, 6) is 1.84. The number of aryl methyl sites for hydroxylation is 1. The van der Waals surface area contributed by atoms with Crippen LogP contribution in [-0.2, 0) is 13.2 Å². The number of aromatic nitrogens is 2. The van der Waals surface area contributed by atoms with Crippen LogP contribution in [0.1, 0.15) is 31.2 Å². The molecule has 2 rings (SSSR count). The minimum Gasteiger partial charge on any atom is -0.484 e. The summed E-state index contributed by atoms with van der Waals surface area (Å²) in [5, 5.41) is 11.0. The molecular weight excluding hydrogens is 242 g/mol. The van der Waals surface area contributed by atoms with E-state index in [9.17, 15) is 0 Å². The predicted molar refractivity (Wildman–Crippen MR) is 71.8 cm³/mol. The van der Waals surface area contributed by atoms with Gasteiger partial charge in [0.25, 0.3) is 5.89 Å². The molecule has 0 unspecified atom stereocenters. The number of hydrogen-bond acceptors (Lipinski definition) is 5. The van der Waals surface area contributed by atoms with Crippen LogP contribution in [0.25, 0.3) is 0 Å². The van der Waals surface area contributed by atoms with Crippen LogP contribution in [0.3, 0.4) is 0 Å². The Labute approximate surface area is 113 Å². The maximum Gasteiger partial charge on any atom is 0.253 e. The van der Waals surface area contributed by atoms with Gasteiger partial charge in [-0.2, -0.15) is 0 Å². The van der Waals surface area contributed by atoms with Crippen molar-refractivity contribution in [2.45, 2.75) is 40.0 Å². The van der Waals surface area contributed by atoms with Crippen molar-refractivity contribution < 1.29 is 9.15 Å². The molecule has 0 bridgehead atoms. The molecule has 0 aliphatic carbocycles. The van der Waals surface area contributed by atoms with Gasteiger partial charge in [-0.15, -0.1) is 10.2 Å². The van der Waals surface area contributed by atoms with Gasteiger partial charge in [0.1, 0.15) is 5.75 Å². The van der Waals surface area contributed by atoms with E-state index in [0.29, 0.717) is 24.4 Å². The van der Waals surface area contributed by atoms with Crippen molar-refractivity contribution in [2.24, 2.45) is 0 Å². The summed E-state index contributed by atoms with van der Waals surface area (Å²) < 4.78 is 10.9. The Morgan fingerprint density at radius 2 is 2.16 bits per heavy atom. The third kappa shape index (κ3) is 4.37. The molecule has 0 aliphatic rings. The van der Waals surface area contributed by atoms with Crippen LogP contribution >= 0.6 is 0 Å². The van der Waals surface area contributed by atoms with Crippen LogP contribution in [0, 0.1) is 6.92 Å². The maximum absolute atomic E-state index is 5.63. The van der Waals surface area contributed by atoms with Crippen LogP contribution in [0.2, 0.25) is 0 Å². The summed E-state index contributed by atoms with van der Waals surface area (Å²) in [7, 11) is 0. The first-order valence-electron chi connectivity index (χ1n) is 6.37. The van der Waals surface area contributed by atoms with Crippen LogP contribution in [0.5, 0.6) is 5.75 Å². The molecule has 0 spiro atoms. The molecule has 0 saturated carbocycles. The van der Waals surface area contributed by atoms with E-state index < -0.39 is 0 Å². The molecule has 0 radical (unpaired) electrons. The van der Waals surface area contributed by atoms with E-state index in [1.807, 2.05) is 18.2 Å². The summed E-state index contributed by atoms with van der Waals surface area (Å²) >= 11 is 0. The molecule has 1 aromatic carbocycles. The van der Waals surface area contributed by atoms with Crippen LogP contribution in [-0.4, -0.2) is 16.2 Å². The highest BCUT2D eigenvalue weighted by atomic mass is 16.5. The van der Waals surface area contributed by atoms with Gasteiger partial charge in [0, 0.05) is 19.5 Å². The first-order chi connectivity index (χ1) is 9.13. The molecule has 0 aliphatic heterocycles. The molecule has 0 atom stereocenters. The highest BCUT2D eigenvalue weighted by molar-refractivity contribution is 5.28. The number of nitrogens with one attached hydrogen (secondary N) is 1. The average molecular weight is 261 g/mol. The quantitative estimate of drug-likeness (QED) is 0.865. The van der Waals surface area contributed by atoms with Crippen molar-refractivity contribution in [3.8, 4) is 5.75 Å². The van der Waals surface area contributed by atoms with E-state index in [-0.39, 0.29) is 0 Å². The molecular formula is C14H19N3O2. The summed E-state index contributed by atoms with van der Waals surface area (Å²) in [5.41, 5.74) is 1.19. The SMILES string of the molecule is Cc1nnc(COc2cccc(CNC(C)C)c2)o1. The highest BCUT2D eigenvalue weighted by Gasteiger charge is 2.04. The Kier molecular flexibility index (Phi) is 4.52. The van der Waals surface area contributed by atoms with Crippen LogP contribution in [0.15, 0.2) is 28.7 Å². The van der Waals surface area contributed by atoms with Crippen molar-refractivity contribution in [3.63, 3.8) is 0 Å². The zero-order valence-electron chi connectivity index (χ0n) is 11.5. The molecule has 5 heteroatoms. The second-order valence-electron chi connectivity index (χ2n) is 4.69. The van der Waals surface area contributed by atoms with Gasteiger partial charge in [-0.3, -0.25) is 0 Å². The highest BCUT2D eigenvalue weighted by Crippen LogP contribution is 2.15. The topological polar surface area (TPSA) is 60.2 Å². The monoisotopic (exact) mass is 261 g/mol. The first-order valence-corrected chi connectivity index (χ1v) is 6.37. The standard InChI is InChI=1S/C14H19N3O2/c1-10(2)15-8-12-5-4-6-13(7-12)18-9-14-17-16-11(3)19-14/h4-7,10,15H,8-9H2,1-3H3. The number of ether oxygens (including phenoxy) is 1. The fraction of sp³-hybridized carbons (Fsp3) is 0.429.